The van der Waals surface area contributed by atoms with Crippen molar-refractivity contribution >= 4 is 0 Å². The summed E-state index contributed by atoms with van der Waals surface area (Å²) in [5.74, 6) is -0.184. The van der Waals surface area contributed by atoms with Crippen molar-refractivity contribution in [2.24, 2.45) is 11.8 Å². The first-order valence-electron chi connectivity index (χ1n) is 13.8. The quantitative estimate of drug-likeness (QED) is 0.173. The Morgan fingerprint density at radius 3 is 1.89 bits per heavy atom. The largest absolute Gasteiger partial charge is 0.393 e. The van der Waals surface area contributed by atoms with Crippen LogP contribution in [0.5, 0.6) is 0 Å². The second kappa shape index (κ2) is 12.1. The van der Waals surface area contributed by atoms with E-state index in [-0.39, 0.29) is 43.7 Å². The predicted molar refractivity (Wildman–Crippen MR) is 125 cm³/mol. The van der Waals surface area contributed by atoms with Crippen molar-refractivity contribution in [1.82, 2.24) is 0 Å². The van der Waals surface area contributed by atoms with Gasteiger partial charge in [-0.15, -0.1) is 0 Å². The second-order valence-corrected chi connectivity index (χ2v) is 11.6. The van der Waals surface area contributed by atoms with Crippen molar-refractivity contribution in [1.29, 1.82) is 0 Å². The molecule has 3 heterocycles. The minimum Gasteiger partial charge on any atom is -0.393 e. The van der Waals surface area contributed by atoms with E-state index in [1.807, 2.05) is 0 Å². The molecule has 5 aliphatic rings. The molecular formula is C25H42O13. The zero-order valence-corrected chi connectivity index (χ0v) is 21.2. The molecule has 8 N–H and O–H groups in total. The van der Waals surface area contributed by atoms with Crippen molar-refractivity contribution in [2.45, 2.75) is 131 Å². The minimum absolute atomic E-state index is 0.0778. The first-order chi connectivity index (χ1) is 18.1. The van der Waals surface area contributed by atoms with E-state index in [1.165, 1.54) is 0 Å². The molecule has 3 aliphatic heterocycles. The van der Waals surface area contributed by atoms with E-state index in [0.717, 1.165) is 12.8 Å². The van der Waals surface area contributed by atoms with Crippen molar-refractivity contribution in [3.63, 3.8) is 0 Å². The van der Waals surface area contributed by atoms with Gasteiger partial charge in [0.05, 0.1) is 49.8 Å². The van der Waals surface area contributed by atoms with Gasteiger partial charge in [0.2, 0.25) is 0 Å². The van der Waals surface area contributed by atoms with Crippen molar-refractivity contribution in [3.05, 3.63) is 0 Å². The maximum absolute atomic E-state index is 10.8. The fourth-order valence-corrected chi connectivity index (χ4v) is 6.63. The number of hydrogen-bond donors (Lipinski definition) is 8. The number of rotatable bonds is 5. The van der Waals surface area contributed by atoms with Gasteiger partial charge in [0.25, 0.3) is 0 Å². The van der Waals surface area contributed by atoms with Gasteiger partial charge in [-0.25, -0.2) is 0 Å². The summed E-state index contributed by atoms with van der Waals surface area (Å²) in [5, 5.41) is 82.0. The molecule has 6 unspecified atom stereocenters. The fraction of sp³-hybridized carbons (Fsp3) is 1.00. The molecule has 0 radical (unpaired) electrons. The fourth-order valence-electron chi connectivity index (χ4n) is 6.63. The zero-order chi connectivity index (χ0) is 27.1. The normalized spacial score (nSPS) is 54.3. The lowest BCUT2D eigenvalue weighted by Gasteiger charge is -2.50. The van der Waals surface area contributed by atoms with Crippen LogP contribution >= 0.6 is 0 Å². The molecule has 5 fully saturated rings. The molecule has 38 heavy (non-hydrogen) atoms. The summed E-state index contributed by atoms with van der Waals surface area (Å²) in [4.78, 5) is 0. The molecule has 0 spiro atoms. The highest BCUT2D eigenvalue weighted by Gasteiger charge is 2.51. The molecular weight excluding hydrogens is 508 g/mol. The highest BCUT2D eigenvalue weighted by atomic mass is 16.7. The van der Waals surface area contributed by atoms with Gasteiger partial charge in [0, 0.05) is 5.92 Å². The summed E-state index contributed by atoms with van der Waals surface area (Å²) in [6, 6.07) is 0. The molecule has 0 bridgehead atoms. The number of hydrogen-bond acceptors (Lipinski definition) is 13. The minimum atomic E-state index is -1.56. The topological polar surface area (TPSA) is 208 Å². The summed E-state index contributed by atoms with van der Waals surface area (Å²) in [6.07, 6.45) is -10.2. The number of aliphatic hydroxyl groups is 8. The lowest BCUT2D eigenvalue weighted by Crippen LogP contribution is -2.61. The van der Waals surface area contributed by atoms with Crippen LogP contribution in [0.1, 0.15) is 44.9 Å². The zero-order valence-electron chi connectivity index (χ0n) is 21.2. The van der Waals surface area contributed by atoms with Gasteiger partial charge in [-0.05, 0) is 50.9 Å². The van der Waals surface area contributed by atoms with Crippen LogP contribution in [0.4, 0.5) is 0 Å². The van der Waals surface area contributed by atoms with E-state index >= 15 is 0 Å². The molecule has 14 atom stereocenters. The Hall–Kier alpha value is -0.520. The van der Waals surface area contributed by atoms with E-state index < -0.39 is 73.6 Å². The number of fused-ring (bicyclic) bond motifs is 1. The Labute approximate surface area is 220 Å². The Bertz CT molecular complexity index is 766. The van der Waals surface area contributed by atoms with Crippen LogP contribution in [0.3, 0.4) is 0 Å². The lowest BCUT2D eigenvalue weighted by molar-refractivity contribution is -0.342. The second-order valence-electron chi connectivity index (χ2n) is 11.6. The smallest absolute Gasteiger partial charge is 0.186 e. The van der Waals surface area contributed by atoms with Crippen LogP contribution in [0.15, 0.2) is 0 Å². The van der Waals surface area contributed by atoms with Crippen molar-refractivity contribution < 1.29 is 64.5 Å². The van der Waals surface area contributed by atoms with Crippen LogP contribution in [0.25, 0.3) is 0 Å². The van der Waals surface area contributed by atoms with Gasteiger partial charge >= 0.3 is 0 Å². The Morgan fingerprint density at radius 2 is 1.18 bits per heavy atom. The summed E-state index contributed by atoms with van der Waals surface area (Å²) >= 11 is 0. The highest BCUT2D eigenvalue weighted by molar-refractivity contribution is 4.98. The molecule has 0 aromatic carbocycles. The Morgan fingerprint density at radius 1 is 0.553 bits per heavy atom. The van der Waals surface area contributed by atoms with Gasteiger partial charge in [-0.3, -0.25) is 0 Å². The molecule has 0 aromatic heterocycles. The van der Waals surface area contributed by atoms with Gasteiger partial charge in [-0.1, -0.05) is 0 Å². The summed E-state index contributed by atoms with van der Waals surface area (Å²) in [7, 11) is 0. The average molecular weight is 551 g/mol. The molecule has 0 amide bonds. The van der Waals surface area contributed by atoms with Crippen LogP contribution in [-0.2, 0) is 23.7 Å². The Balaban J connectivity index is 1.24. The third-order valence-electron chi connectivity index (χ3n) is 8.91. The lowest BCUT2D eigenvalue weighted by atomic mass is 9.73. The van der Waals surface area contributed by atoms with Gasteiger partial charge < -0.3 is 64.5 Å². The van der Waals surface area contributed by atoms with E-state index in [0.29, 0.717) is 25.7 Å². The molecule has 13 heteroatoms. The number of aliphatic hydroxyl groups excluding tert-OH is 8. The van der Waals surface area contributed by atoms with Crippen LogP contribution in [0.2, 0.25) is 0 Å². The third-order valence-corrected chi connectivity index (χ3v) is 8.91. The first kappa shape index (κ1) is 29.0. The van der Waals surface area contributed by atoms with Crippen LogP contribution in [-0.4, -0.2) is 140 Å². The average Bonchev–Trinajstić information content (AvgIpc) is 2.89. The van der Waals surface area contributed by atoms with Crippen molar-refractivity contribution in [2.75, 3.05) is 13.2 Å². The van der Waals surface area contributed by atoms with E-state index in [1.54, 1.807) is 0 Å². The van der Waals surface area contributed by atoms with E-state index in [4.69, 9.17) is 23.7 Å². The van der Waals surface area contributed by atoms with Crippen LogP contribution in [0, 0.1) is 11.8 Å². The first-order valence-corrected chi connectivity index (χ1v) is 13.8. The SMILES string of the molecule is OC1CCC(C2OC3CC(O)CC(O)C3CC2O[C@@H]2OC[C@@H](O[C@@H]3OC[C@@H](O)[C@H](O)[C@H]3O)[C@H](O)[C@H]2O)CC1. The molecule has 0 aromatic rings. The van der Waals surface area contributed by atoms with Gasteiger partial charge in [-0.2, -0.15) is 0 Å². The summed E-state index contributed by atoms with van der Waals surface area (Å²) in [5.41, 5.74) is 0. The summed E-state index contributed by atoms with van der Waals surface area (Å²) < 4.78 is 29.2. The molecule has 220 valence electrons. The molecule has 5 rings (SSSR count). The third kappa shape index (κ3) is 6.05. The van der Waals surface area contributed by atoms with E-state index in [9.17, 15) is 40.9 Å². The highest BCUT2D eigenvalue weighted by Crippen LogP contribution is 2.43. The molecule has 2 saturated carbocycles. The number of ether oxygens (including phenoxy) is 5. The predicted octanol–water partition coefficient (Wildman–Crippen LogP) is -2.89. The van der Waals surface area contributed by atoms with Gasteiger partial charge in [0.15, 0.2) is 12.6 Å². The maximum atomic E-state index is 10.8. The maximum Gasteiger partial charge on any atom is 0.186 e. The van der Waals surface area contributed by atoms with Crippen LogP contribution < -0.4 is 0 Å². The monoisotopic (exact) mass is 550 g/mol. The molecule has 3 saturated heterocycles. The van der Waals surface area contributed by atoms with Gasteiger partial charge in [0.1, 0.15) is 36.6 Å². The molecule has 2 aliphatic carbocycles. The molecule has 13 nitrogen and oxygen atoms in total. The summed E-state index contributed by atoms with van der Waals surface area (Å²) in [6.45, 7) is -0.476. The van der Waals surface area contributed by atoms with E-state index in [2.05, 4.69) is 0 Å². The van der Waals surface area contributed by atoms with Crippen molar-refractivity contribution in [3.8, 4) is 0 Å². The standard InChI is InChI=1S/C25H42O13/c26-11-3-1-10(2-4-11)23-17(7-13-14(28)5-12(27)6-16(13)36-23)37-25-22(33)20(31)18(9-35-25)38-24-21(32)19(30)15(29)8-34-24/h10-33H,1-9H2/t10?,11?,12?,13?,14?,15-,16?,17?,18-,19+,20+,21-,22-,23?,24+,25+/m1/s1. The Kier molecular flexibility index (Phi) is 9.27.